The van der Waals surface area contributed by atoms with E-state index in [4.69, 9.17) is 4.74 Å². The van der Waals surface area contributed by atoms with Crippen molar-refractivity contribution in [3.05, 3.63) is 53.3 Å². The number of nitrogens with one attached hydrogen (secondary N) is 1. The first-order valence-corrected chi connectivity index (χ1v) is 9.57. The highest BCUT2D eigenvalue weighted by molar-refractivity contribution is 7.89. The molecule has 1 N–H and O–H groups in total. The summed E-state index contributed by atoms with van der Waals surface area (Å²) < 4.78 is 33.2. The van der Waals surface area contributed by atoms with Gasteiger partial charge in [0.05, 0.1) is 11.3 Å². The molecule has 0 fully saturated rings. The van der Waals surface area contributed by atoms with E-state index in [2.05, 4.69) is 4.72 Å². The van der Waals surface area contributed by atoms with E-state index in [9.17, 15) is 18.0 Å². The van der Waals surface area contributed by atoms with E-state index in [-0.39, 0.29) is 30.3 Å². The van der Waals surface area contributed by atoms with Gasteiger partial charge in [-0.25, -0.2) is 13.1 Å². The molecule has 26 heavy (non-hydrogen) atoms. The second-order valence-electron chi connectivity index (χ2n) is 5.89. The number of Topliss-reactive ketones (excluding diaryl/α,β-unsaturated/α-hetero) is 1. The molecular formula is C18H22N2O5S. The first-order chi connectivity index (χ1) is 12.2. The summed E-state index contributed by atoms with van der Waals surface area (Å²) in [5.41, 5.74) is 2.26. The second kappa shape index (κ2) is 8.29. The van der Waals surface area contributed by atoms with Crippen LogP contribution in [0.4, 0.5) is 0 Å². The van der Waals surface area contributed by atoms with Crippen molar-refractivity contribution in [3.8, 4) is 0 Å². The first kappa shape index (κ1) is 19.9. The largest absolute Gasteiger partial charge is 0.457 e. The average Bonchev–Trinajstić information content (AvgIpc) is 2.88. The molecule has 0 spiro atoms. The van der Waals surface area contributed by atoms with Crippen molar-refractivity contribution in [2.75, 3.05) is 13.2 Å². The van der Waals surface area contributed by atoms with Gasteiger partial charge in [0.1, 0.15) is 0 Å². The van der Waals surface area contributed by atoms with Gasteiger partial charge in [-0.1, -0.05) is 18.2 Å². The van der Waals surface area contributed by atoms with Gasteiger partial charge in [-0.05, 0) is 32.0 Å². The number of benzene rings is 1. The third-order valence-corrected chi connectivity index (χ3v) is 5.59. The van der Waals surface area contributed by atoms with Crippen LogP contribution in [0.15, 0.2) is 41.3 Å². The number of nitrogens with zero attached hydrogens (tertiary/aromatic N) is 1. The van der Waals surface area contributed by atoms with Crippen molar-refractivity contribution in [1.82, 2.24) is 9.29 Å². The summed E-state index contributed by atoms with van der Waals surface area (Å²) in [5.74, 6) is -0.927. The SMILES string of the molecule is Cc1cc(C(=O)COC(=O)CCNS(=O)(=O)c2ccccc2)c(C)n1C. The summed E-state index contributed by atoms with van der Waals surface area (Å²) in [6.07, 6.45) is -0.161. The van der Waals surface area contributed by atoms with Crippen LogP contribution in [0, 0.1) is 13.8 Å². The quantitative estimate of drug-likeness (QED) is 0.558. The zero-order chi connectivity index (χ0) is 19.3. The highest BCUT2D eigenvalue weighted by Crippen LogP contribution is 2.14. The van der Waals surface area contributed by atoms with Crippen molar-refractivity contribution in [3.63, 3.8) is 0 Å². The fourth-order valence-electron chi connectivity index (χ4n) is 2.40. The van der Waals surface area contributed by atoms with Crippen LogP contribution in [0.3, 0.4) is 0 Å². The molecule has 0 saturated heterocycles. The summed E-state index contributed by atoms with van der Waals surface area (Å²) in [5, 5.41) is 0. The monoisotopic (exact) mass is 378 g/mol. The molecule has 0 saturated carbocycles. The maximum atomic E-state index is 12.2. The third-order valence-electron chi connectivity index (χ3n) is 4.11. The molecule has 8 heteroatoms. The van der Waals surface area contributed by atoms with Gasteiger partial charge in [-0.15, -0.1) is 0 Å². The molecule has 0 bridgehead atoms. The summed E-state index contributed by atoms with van der Waals surface area (Å²) in [6.45, 7) is 3.23. The average molecular weight is 378 g/mol. The van der Waals surface area contributed by atoms with Crippen molar-refractivity contribution < 1.29 is 22.7 Å². The van der Waals surface area contributed by atoms with Gasteiger partial charge in [-0.3, -0.25) is 9.59 Å². The Morgan fingerprint density at radius 1 is 1.15 bits per heavy atom. The normalized spacial score (nSPS) is 11.3. The Balaban J connectivity index is 1.80. The van der Waals surface area contributed by atoms with Crippen molar-refractivity contribution >= 4 is 21.8 Å². The number of sulfonamides is 1. The number of esters is 1. The van der Waals surface area contributed by atoms with Crippen LogP contribution in [0.5, 0.6) is 0 Å². The fourth-order valence-corrected chi connectivity index (χ4v) is 3.46. The van der Waals surface area contributed by atoms with Crippen LogP contribution >= 0.6 is 0 Å². The topological polar surface area (TPSA) is 94.5 Å². The molecule has 0 aliphatic carbocycles. The van der Waals surface area contributed by atoms with Crippen LogP contribution in [-0.2, 0) is 26.6 Å². The number of hydrogen-bond acceptors (Lipinski definition) is 5. The van der Waals surface area contributed by atoms with Crippen LogP contribution in [0.25, 0.3) is 0 Å². The summed E-state index contributed by atoms with van der Waals surface area (Å²) >= 11 is 0. The number of ketones is 1. The van der Waals surface area contributed by atoms with E-state index in [1.54, 1.807) is 24.3 Å². The molecule has 7 nitrogen and oxygen atoms in total. The number of ether oxygens (including phenoxy) is 1. The predicted octanol–water partition coefficient (Wildman–Crippen LogP) is 1.74. The minimum absolute atomic E-state index is 0.103. The van der Waals surface area contributed by atoms with Gasteiger partial charge in [0, 0.05) is 30.5 Å². The Kier molecular flexibility index (Phi) is 6.33. The molecule has 0 aliphatic rings. The van der Waals surface area contributed by atoms with Crippen molar-refractivity contribution in [1.29, 1.82) is 0 Å². The molecule has 1 aromatic heterocycles. The van der Waals surface area contributed by atoms with Gasteiger partial charge in [0.15, 0.2) is 6.61 Å². The molecule has 0 aliphatic heterocycles. The van der Waals surface area contributed by atoms with Gasteiger partial charge in [-0.2, -0.15) is 0 Å². The molecule has 1 heterocycles. The lowest BCUT2D eigenvalue weighted by atomic mass is 10.1. The zero-order valence-electron chi connectivity index (χ0n) is 15.0. The number of rotatable bonds is 8. The van der Waals surface area contributed by atoms with Gasteiger partial charge < -0.3 is 9.30 Å². The third kappa shape index (κ3) is 4.80. The van der Waals surface area contributed by atoms with Crippen molar-refractivity contribution in [2.45, 2.75) is 25.2 Å². The highest BCUT2D eigenvalue weighted by atomic mass is 32.2. The minimum atomic E-state index is -3.67. The van der Waals surface area contributed by atoms with E-state index >= 15 is 0 Å². The molecular weight excluding hydrogens is 356 g/mol. The van der Waals surface area contributed by atoms with Crippen LogP contribution in [0.2, 0.25) is 0 Å². The Hall–Kier alpha value is -2.45. The second-order valence-corrected chi connectivity index (χ2v) is 7.66. The molecule has 0 atom stereocenters. The number of hydrogen-bond donors (Lipinski definition) is 1. The summed E-state index contributed by atoms with van der Waals surface area (Å²) in [6, 6.07) is 9.61. The number of carbonyl (C=O) groups is 2. The minimum Gasteiger partial charge on any atom is -0.457 e. The van der Waals surface area contributed by atoms with E-state index in [1.165, 1.54) is 12.1 Å². The lowest BCUT2D eigenvalue weighted by Crippen LogP contribution is -2.27. The first-order valence-electron chi connectivity index (χ1n) is 8.09. The molecule has 0 amide bonds. The zero-order valence-corrected chi connectivity index (χ0v) is 15.8. The Labute approximate surface area is 153 Å². The molecule has 0 unspecified atom stereocenters. The maximum Gasteiger partial charge on any atom is 0.307 e. The molecule has 1 aromatic carbocycles. The van der Waals surface area contributed by atoms with Crippen molar-refractivity contribution in [2.24, 2.45) is 7.05 Å². The molecule has 2 rings (SSSR count). The highest BCUT2D eigenvalue weighted by Gasteiger charge is 2.17. The number of aromatic nitrogens is 1. The van der Waals surface area contributed by atoms with Crippen LogP contribution in [-0.4, -0.2) is 37.9 Å². The number of carbonyl (C=O) groups excluding carboxylic acids is 2. The summed E-state index contributed by atoms with van der Waals surface area (Å²) in [4.78, 5) is 24.0. The molecule has 0 radical (unpaired) electrons. The fraction of sp³-hybridized carbons (Fsp3) is 0.333. The summed E-state index contributed by atoms with van der Waals surface area (Å²) in [7, 11) is -1.81. The maximum absolute atomic E-state index is 12.2. The van der Waals surface area contributed by atoms with E-state index in [0.717, 1.165) is 11.4 Å². The molecule has 140 valence electrons. The Morgan fingerprint density at radius 3 is 2.38 bits per heavy atom. The lowest BCUT2D eigenvalue weighted by molar-refractivity contribution is -0.142. The van der Waals surface area contributed by atoms with Gasteiger partial charge in [0.2, 0.25) is 15.8 Å². The predicted molar refractivity (Wildman–Crippen MR) is 96.4 cm³/mol. The number of aryl methyl sites for hydroxylation is 1. The van der Waals surface area contributed by atoms with E-state index in [1.807, 2.05) is 25.5 Å². The van der Waals surface area contributed by atoms with Gasteiger partial charge in [0.25, 0.3) is 0 Å². The molecule has 2 aromatic rings. The lowest BCUT2D eigenvalue weighted by Gasteiger charge is -2.07. The Bertz CT molecular complexity index is 901. The van der Waals surface area contributed by atoms with Crippen LogP contribution in [0.1, 0.15) is 28.2 Å². The smallest absolute Gasteiger partial charge is 0.307 e. The van der Waals surface area contributed by atoms with Crippen LogP contribution < -0.4 is 4.72 Å². The van der Waals surface area contributed by atoms with Gasteiger partial charge >= 0.3 is 5.97 Å². The van der Waals surface area contributed by atoms with E-state index in [0.29, 0.717) is 5.56 Å². The van der Waals surface area contributed by atoms with E-state index < -0.39 is 16.0 Å². The standard InChI is InChI=1S/C18H22N2O5S/c1-13-11-16(14(2)20(13)3)17(21)12-25-18(22)9-10-19-26(23,24)15-7-5-4-6-8-15/h4-8,11,19H,9-10,12H2,1-3H3. The Morgan fingerprint density at radius 2 is 1.81 bits per heavy atom.